The third kappa shape index (κ3) is 4.20. The molecule has 160 valence electrons. The Balaban J connectivity index is 2.23. The fourth-order valence-electron chi connectivity index (χ4n) is 3.36. The minimum Gasteiger partial charge on any atom is -0.344 e. The first-order chi connectivity index (χ1) is 14.8. The Morgan fingerprint density at radius 1 is 1.29 bits per heavy atom. The summed E-state index contributed by atoms with van der Waals surface area (Å²) in [6, 6.07) is 5.10. The largest absolute Gasteiger partial charge is 0.344 e. The first-order valence-corrected chi connectivity index (χ1v) is 9.69. The van der Waals surface area contributed by atoms with Gasteiger partial charge in [0.1, 0.15) is 6.07 Å². The fraction of sp³-hybridized carbons (Fsp3) is 0.381. The smallest absolute Gasteiger partial charge is 0.332 e. The van der Waals surface area contributed by atoms with Crippen molar-refractivity contribution >= 4 is 17.1 Å². The number of aryl methyl sites for hydroxylation is 1. The van der Waals surface area contributed by atoms with Crippen LogP contribution in [0.4, 0.5) is 5.95 Å². The number of aromatic nitrogens is 5. The maximum Gasteiger partial charge on any atom is 0.332 e. The molecule has 0 aromatic carbocycles. The van der Waals surface area contributed by atoms with Crippen molar-refractivity contribution in [3.05, 3.63) is 50.4 Å². The van der Waals surface area contributed by atoms with E-state index >= 15 is 0 Å². The molecule has 3 aromatic rings. The van der Waals surface area contributed by atoms with Crippen molar-refractivity contribution < 1.29 is 0 Å². The van der Waals surface area contributed by atoms with E-state index < -0.39 is 11.2 Å². The minimum atomic E-state index is -0.503. The van der Waals surface area contributed by atoms with Crippen LogP contribution in [0.3, 0.4) is 0 Å². The van der Waals surface area contributed by atoms with E-state index in [1.165, 1.54) is 10.8 Å². The molecule has 2 N–H and O–H groups in total. The Morgan fingerprint density at radius 3 is 2.61 bits per heavy atom. The molecule has 1 unspecified atom stereocenters. The molecule has 0 aliphatic carbocycles. The summed E-state index contributed by atoms with van der Waals surface area (Å²) >= 11 is 0. The highest BCUT2D eigenvalue weighted by atomic mass is 16.2. The summed E-state index contributed by atoms with van der Waals surface area (Å²) < 4.78 is 4.17. The molecule has 0 radical (unpaired) electrons. The first kappa shape index (κ1) is 21.8. The van der Waals surface area contributed by atoms with Crippen LogP contribution in [0.15, 0.2) is 27.9 Å². The summed E-state index contributed by atoms with van der Waals surface area (Å²) in [5.74, 6) is 6.31. The SMILES string of the molecule is CC#CCn1c(N(C)CC(C)N)nc2c1c(=O)n(Cc1ccc(C#N)cn1)c(=O)n2C. The van der Waals surface area contributed by atoms with Gasteiger partial charge >= 0.3 is 5.69 Å². The quantitative estimate of drug-likeness (QED) is 0.557. The van der Waals surface area contributed by atoms with Gasteiger partial charge in [-0.15, -0.1) is 5.92 Å². The maximum absolute atomic E-state index is 13.4. The zero-order chi connectivity index (χ0) is 22.7. The van der Waals surface area contributed by atoms with Crippen molar-refractivity contribution in [2.24, 2.45) is 12.8 Å². The monoisotopic (exact) mass is 420 g/mol. The predicted molar refractivity (Wildman–Crippen MR) is 118 cm³/mol. The number of fused-ring (bicyclic) bond motifs is 1. The lowest BCUT2D eigenvalue weighted by atomic mass is 10.2. The van der Waals surface area contributed by atoms with Gasteiger partial charge in [0.25, 0.3) is 5.56 Å². The van der Waals surface area contributed by atoms with Crippen molar-refractivity contribution in [3.8, 4) is 17.9 Å². The average Bonchev–Trinajstić information content (AvgIpc) is 3.13. The number of nitriles is 1. The normalized spacial score (nSPS) is 11.6. The number of nitrogens with two attached hydrogens (primary N) is 1. The van der Waals surface area contributed by atoms with Crippen LogP contribution < -0.4 is 21.9 Å². The van der Waals surface area contributed by atoms with Gasteiger partial charge in [-0.2, -0.15) is 10.2 Å². The molecule has 0 aliphatic rings. The van der Waals surface area contributed by atoms with E-state index in [2.05, 4.69) is 21.8 Å². The summed E-state index contributed by atoms with van der Waals surface area (Å²) in [6.07, 6.45) is 1.41. The molecule has 0 saturated heterocycles. The standard InChI is InChI=1S/C21H24N8O2/c1-5-6-9-28-17-18(25-20(28)26(3)12-14(2)23)27(4)21(31)29(19(17)30)13-16-8-7-15(10-22)11-24-16/h7-8,11,14H,9,12-13,23H2,1-4H3. The third-order valence-corrected chi connectivity index (χ3v) is 4.80. The lowest BCUT2D eigenvalue weighted by Crippen LogP contribution is -2.40. The molecule has 0 aliphatic heterocycles. The molecular weight excluding hydrogens is 396 g/mol. The maximum atomic E-state index is 13.4. The van der Waals surface area contributed by atoms with Crippen LogP contribution in [0, 0.1) is 23.2 Å². The van der Waals surface area contributed by atoms with Crippen LogP contribution in [-0.4, -0.2) is 43.3 Å². The molecular formula is C21H24N8O2. The highest BCUT2D eigenvalue weighted by Gasteiger charge is 2.22. The molecule has 10 heteroatoms. The topological polar surface area (TPSA) is 128 Å². The number of imidazole rings is 1. The lowest BCUT2D eigenvalue weighted by Gasteiger charge is -2.20. The van der Waals surface area contributed by atoms with Gasteiger partial charge in [0.05, 0.1) is 24.3 Å². The molecule has 0 fully saturated rings. The number of hydrogen-bond donors (Lipinski definition) is 1. The zero-order valence-corrected chi connectivity index (χ0v) is 18.0. The number of anilines is 1. The summed E-state index contributed by atoms with van der Waals surface area (Å²) in [5.41, 5.74) is 6.41. The van der Waals surface area contributed by atoms with Gasteiger partial charge in [-0.3, -0.25) is 23.5 Å². The molecule has 0 spiro atoms. The van der Waals surface area contributed by atoms with E-state index in [4.69, 9.17) is 11.0 Å². The Hall–Kier alpha value is -3.89. The molecule has 0 amide bonds. The number of rotatable bonds is 6. The van der Waals surface area contributed by atoms with Gasteiger partial charge in [-0.1, -0.05) is 5.92 Å². The van der Waals surface area contributed by atoms with Gasteiger partial charge < -0.3 is 10.6 Å². The number of pyridine rings is 1. The van der Waals surface area contributed by atoms with Crippen molar-refractivity contribution in [3.63, 3.8) is 0 Å². The van der Waals surface area contributed by atoms with Gasteiger partial charge in [0.15, 0.2) is 11.2 Å². The van der Waals surface area contributed by atoms with Crippen molar-refractivity contribution in [1.29, 1.82) is 5.26 Å². The number of nitrogens with zero attached hydrogens (tertiary/aromatic N) is 7. The highest BCUT2D eigenvalue weighted by Crippen LogP contribution is 2.18. The first-order valence-electron chi connectivity index (χ1n) is 9.69. The van der Waals surface area contributed by atoms with Gasteiger partial charge in [0.2, 0.25) is 5.95 Å². The zero-order valence-electron chi connectivity index (χ0n) is 18.0. The summed E-state index contributed by atoms with van der Waals surface area (Å²) in [7, 11) is 3.41. The lowest BCUT2D eigenvalue weighted by molar-refractivity contribution is 0.644. The van der Waals surface area contributed by atoms with E-state index in [-0.39, 0.29) is 30.3 Å². The predicted octanol–water partition coefficient (Wildman–Crippen LogP) is 0.0184. The average molecular weight is 420 g/mol. The van der Waals surface area contributed by atoms with Crippen LogP contribution in [0.5, 0.6) is 0 Å². The Bertz CT molecular complexity index is 1330. The van der Waals surface area contributed by atoms with Crippen LogP contribution in [0.25, 0.3) is 11.2 Å². The Kier molecular flexibility index (Phi) is 6.23. The highest BCUT2D eigenvalue weighted by molar-refractivity contribution is 5.74. The molecule has 31 heavy (non-hydrogen) atoms. The van der Waals surface area contributed by atoms with E-state index in [1.54, 1.807) is 30.7 Å². The second kappa shape index (κ2) is 8.86. The summed E-state index contributed by atoms with van der Waals surface area (Å²) in [6.45, 7) is 4.33. The summed E-state index contributed by atoms with van der Waals surface area (Å²) in [4.78, 5) is 36.9. The van der Waals surface area contributed by atoms with E-state index in [9.17, 15) is 9.59 Å². The molecule has 0 bridgehead atoms. The van der Waals surface area contributed by atoms with Crippen LogP contribution in [-0.2, 0) is 20.1 Å². The van der Waals surface area contributed by atoms with E-state index in [1.807, 2.05) is 24.9 Å². The number of likely N-dealkylation sites (N-methyl/N-ethyl adjacent to an activating group) is 1. The third-order valence-electron chi connectivity index (χ3n) is 4.80. The molecule has 3 rings (SSSR count). The van der Waals surface area contributed by atoms with Crippen LogP contribution >= 0.6 is 0 Å². The Labute approximate surface area is 179 Å². The van der Waals surface area contributed by atoms with Gasteiger partial charge in [-0.25, -0.2) is 4.79 Å². The van der Waals surface area contributed by atoms with Crippen molar-refractivity contribution in [1.82, 2.24) is 23.7 Å². The van der Waals surface area contributed by atoms with Crippen molar-refractivity contribution in [2.45, 2.75) is 33.0 Å². The summed E-state index contributed by atoms with van der Waals surface area (Å²) in [5, 5.41) is 8.93. The van der Waals surface area contributed by atoms with Crippen LogP contribution in [0.2, 0.25) is 0 Å². The van der Waals surface area contributed by atoms with Crippen LogP contribution in [0.1, 0.15) is 25.1 Å². The second-order valence-electron chi connectivity index (χ2n) is 7.34. The fourth-order valence-corrected chi connectivity index (χ4v) is 3.36. The molecule has 3 aromatic heterocycles. The molecule has 3 heterocycles. The van der Waals surface area contributed by atoms with E-state index in [0.29, 0.717) is 23.8 Å². The molecule has 10 nitrogen and oxygen atoms in total. The number of hydrogen-bond acceptors (Lipinski definition) is 7. The van der Waals surface area contributed by atoms with E-state index in [0.717, 1.165) is 4.57 Å². The van der Waals surface area contributed by atoms with Gasteiger partial charge in [0, 0.05) is 32.9 Å². The van der Waals surface area contributed by atoms with Crippen molar-refractivity contribution in [2.75, 3.05) is 18.5 Å². The minimum absolute atomic E-state index is 0.0250. The van der Waals surface area contributed by atoms with Gasteiger partial charge in [-0.05, 0) is 26.0 Å². The Morgan fingerprint density at radius 2 is 2.03 bits per heavy atom. The molecule has 1 atom stereocenters. The second-order valence-corrected chi connectivity index (χ2v) is 7.34. The molecule has 0 saturated carbocycles.